The number of rotatable bonds is 5. The smallest absolute Gasteiger partial charge is 0.338 e. The molecule has 0 spiro atoms. The number of halogens is 2. The van der Waals surface area contributed by atoms with E-state index < -0.39 is 11.8 Å². The van der Waals surface area contributed by atoms with Crippen molar-refractivity contribution in [2.75, 3.05) is 7.11 Å². The molecule has 25 heavy (non-hydrogen) atoms. The van der Waals surface area contributed by atoms with Crippen LogP contribution in [0.5, 0.6) is 5.75 Å². The molecule has 0 fully saturated rings. The number of carbonyl (C=O) groups is 1. The van der Waals surface area contributed by atoms with Crippen molar-refractivity contribution in [2.24, 2.45) is 0 Å². The van der Waals surface area contributed by atoms with Crippen LogP contribution in [0.25, 0.3) is 11.4 Å². The molecule has 0 unspecified atom stereocenters. The van der Waals surface area contributed by atoms with Crippen LogP contribution < -0.4 is 4.74 Å². The van der Waals surface area contributed by atoms with Crippen LogP contribution in [0.3, 0.4) is 0 Å². The second kappa shape index (κ2) is 7.31. The molecule has 3 rings (SSSR count). The molecule has 0 saturated carbocycles. The molecule has 0 aliphatic carbocycles. The van der Waals surface area contributed by atoms with E-state index in [9.17, 15) is 9.18 Å². The molecule has 0 aliphatic rings. The molecule has 2 aromatic carbocycles. The van der Waals surface area contributed by atoms with Crippen molar-refractivity contribution >= 4 is 17.6 Å². The van der Waals surface area contributed by atoms with E-state index in [1.807, 2.05) is 0 Å². The Bertz CT molecular complexity index is 913. The monoisotopic (exact) mass is 362 g/mol. The molecule has 0 radical (unpaired) electrons. The molecule has 6 nitrogen and oxygen atoms in total. The minimum atomic E-state index is -0.718. The van der Waals surface area contributed by atoms with E-state index in [0.717, 1.165) is 6.07 Å². The molecular formula is C17H12ClFN2O4. The third-order valence-electron chi connectivity index (χ3n) is 3.27. The van der Waals surface area contributed by atoms with Crippen molar-refractivity contribution in [3.05, 3.63) is 64.8 Å². The van der Waals surface area contributed by atoms with Gasteiger partial charge in [0.15, 0.2) is 18.2 Å². The van der Waals surface area contributed by atoms with Gasteiger partial charge in [0, 0.05) is 10.6 Å². The third-order valence-corrected chi connectivity index (χ3v) is 3.50. The normalized spacial score (nSPS) is 10.5. The van der Waals surface area contributed by atoms with Gasteiger partial charge < -0.3 is 14.0 Å². The molecule has 1 heterocycles. The predicted molar refractivity (Wildman–Crippen MR) is 86.8 cm³/mol. The summed E-state index contributed by atoms with van der Waals surface area (Å²) in [5.74, 6) is -0.900. The fraction of sp³-hybridized carbons (Fsp3) is 0.118. The second-order valence-electron chi connectivity index (χ2n) is 4.95. The zero-order chi connectivity index (χ0) is 17.8. The van der Waals surface area contributed by atoms with Crippen LogP contribution in [-0.2, 0) is 11.3 Å². The van der Waals surface area contributed by atoms with Crippen LogP contribution in [0.4, 0.5) is 4.39 Å². The fourth-order valence-corrected chi connectivity index (χ4v) is 2.25. The fourth-order valence-electron chi connectivity index (χ4n) is 2.06. The lowest BCUT2D eigenvalue weighted by Crippen LogP contribution is -2.06. The number of hydrogen-bond donors (Lipinski definition) is 0. The Balaban J connectivity index is 1.66. The number of esters is 1. The van der Waals surface area contributed by atoms with Gasteiger partial charge in [0.05, 0.1) is 12.7 Å². The summed E-state index contributed by atoms with van der Waals surface area (Å²) in [4.78, 5) is 16.1. The number of methoxy groups -OCH3 is 1. The van der Waals surface area contributed by atoms with Gasteiger partial charge in [-0.3, -0.25) is 0 Å². The maximum Gasteiger partial charge on any atom is 0.338 e. The van der Waals surface area contributed by atoms with Crippen LogP contribution in [0.15, 0.2) is 47.0 Å². The highest BCUT2D eigenvalue weighted by Gasteiger charge is 2.14. The van der Waals surface area contributed by atoms with E-state index >= 15 is 0 Å². The molecular weight excluding hydrogens is 351 g/mol. The molecule has 3 aromatic rings. The number of benzene rings is 2. The summed E-state index contributed by atoms with van der Waals surface area (Å²) in [6.07, 6.45) is 0. The van der Waals surface area contributed by atoms with Crippen LogP contribution in [0.2, 0.25) is 5.02 Å². The lowest BCUT2D eigenvalue weighted by molar-refractivity contribution is 0.0429. The van der Waals surface area contributed by atoms with E-state index in [0.29, 0.717) is 16.4 Å². The highest BCUT2D eigenvalue weighted by molar-refractivity contribution is 6.30. The summed E-state index contributed by atoms with van der Waals surface area (Å²) in [7, 11) is 1.34. The summed E-state index contributed by atoms with van der Waals surface area (Å²) in [6, 6.07) is 10.7. The number of nitrogens with zero attached hydrogens (tertiary/aromatic N) is 2. The highest BCUT2D eigenvalue weighted by Crippen LogP contribution is 2.21. The summed E-state index contributed by atoms with van der Waals surface area (Å²) >= 11 is 5.91. The van der Waals surface area contributed by atoms with Crippen LogP contribution in [-0.4, -0.2) is 23.2 Å². The molecule has 0 saturated heterocycles. The van der Waals surface area contributed by atoms with E-state index in [4.69, 9.17) is 25.6 Å². The van der Waals surface area contributed by atoms with Crippen LogP contribution in [0, 0.1) is 5.82 Å². The Morgan fingerprint density at radius 2 is 2.12 bits per heavy atom. The van der Waals surface area contributed by atoms with Crippen molar-refractivity contribution in [1.29, 1.82) is 0 Å². The van der Waals surface area contributed by atoms with Gasteiger partial charge in [0.2, 0.25) is 5.82 Å². The first-order valence-corrected chi connectivity index (χ1v) is 7.54. The van der Waals surface area contributed by atoms with Gasteiger partial charge in [-0.15, -0.1) is 0 Å². The van der Waals surface area contributed by atoms with E-state index in [-0.39, 0.29) is 23.8 Å². The van der Waals surface area contributed by atoms with Gasteiger partial charge in [0.25, 0.3) is 5.89 Å². The molecule has 0 amide bonds. The Hall–Kier alpha value is -2.93. The van der Waals surface area contributed by atoms with Crippen LogP contribution in [0.1, 0.15) is 16.2 Å². The van der Waals surface area contributed by atoms with Gasteiger partial charge in [-0.25, -0.2) is 9.18 Å². The van der Waals surface area contributed by atoms with Gasteiger partial charge in [-0.1, -0.05) is 28.9 Å². The van der Waals surface area contributed by atoms with Crippen LogP contribution >= 0.6 is 11.6 Å². The number of aromatic nitrogens is 2. The van der Waals surface area contributed by atoms with Gasteiger partial charge in [-0.05, 0) is 30.3 Å². The molecule has 0 N–H and O–H groups in total. The van der Waals surface area contributed by atoms with Gasteiger partial charge >= 0.3 is 5.97 Å². The van der Waals surface area contributed by atoms with Crippen molar-refractivity contribution in [3.8, 4) is 17.1 Å². The Morgan fingerprint density at radius 3 is 2.84 bits per heavy atom. The quantitative estimate of drug-likeness (QED) is 0.641. The molecule has 8 heteroatoms. The minimum absolute atomic E-state index is 0.0413. The standard InChI is InChI=1S/C17H12ClFN2O4/c1-23-14-6-5-11(8-13(14)19)17(22)24-9-15-20-16(21-25-15)10-3-2-4-12(18)7-10/h2-8H,9H2,1H3. The largest absolute Gasteiger partial charge is 0.494 e. The van der Waals surface area contributed by atoms with Crippen molar-refractivity contribution in [3.63, 3.8) is 0 Å². The SMILES string of the molecule is COc1ccc(C(=O)OCc2nc(-c3cccc(Cl)c3)no2)cc1F. The van der Waals surface area contributed by atoms with E-state index in [1.165, 1.54) is 19.2 Å². The lowest BCUT2D eigenvalue weighted by atomic mass is 10.2. The Labute approximate surface area is 147 Å². The summed E-state index contributed by atoms with van der Waals surface area (Å²) in [5.41, 5.74) is 0.721. The average molecular weight is 363 g/mol. The van der Waals surface area contributed by atoms with E-state index in [2.05, 4.69) is 10.1 Å². The summed E-state index contributed by atoms with van der Waals surface area (Å²) in [5, 5.41) is 4.34. The summed E-state index contributed by atoms with van der Waals surface area (Å²) < 4.78 is 28.5. The molecule has 0 bridgehead atoms. The Morgan fingerprint density at radius 1 is 1.28 bits per heavy atom. The average Bonchev–Trinajstić information content (AvgIpc) is 3.08. The predicted octanol–water partition coefficient (Wildman–Crippen LogP) is 3.89. The van der Waals surface area contributed by atoms with Gasteiger partial charge in [-0.2, -0.15) is 4.98 Å². The molecule has 0 atom stereocenters. The first-order valence-electron chi connectivity index (χ1n) is 7.16. The lowest BCUT2D eigenvalue weighted by Gasteiger charge is -2.04. The zero-order valence-corrected chi connectivity index (χ0v) is 13.8. The maximum absolute atomic E-state index is 13.6. The Kier molecular flexibility index (Phi) is 4.95. The third kappa shape index (κ3) is 3.95. The first kappa shape index (κ1) is 16.9. The zero-order valence-electron chi connectivity index (χ0n) is 13.0. The molecule has 128 valence electrons. The maximum atomic E-state index is 13.6. The molecule has 1 aromatic heterocycles. The first-order chi connectivity index (χ1) is 12.1. The van der Waals surface area contributed by atoms with Crippen molar-refractivity contribution in [2.45, 2.75) is 6.61 Å². The van der Waals surface area contributed by atoms with Gasteiger partial charge in [0.1, 0.15) is 0 Å². The second-order valence-corrected chi connectivity index (χ2v) is 5.38. The topological polar surface area (TPSA) is 74.5 Å². The number of hydrogen-bond acceptors (Lipinski definition) is 6. The van der Waals surface area contributed by atoms with E-state index in [1.54, 1.807) is 24.3 Å². The van der Waals surface area contributed by atoms with Crippen molar-refractivity contribution < 1.29 is 23.2 Å². The highest BCUT2D eigenvalue weighted by atomic mass is 35.5. The summed E-state index contributed by atoms with van der Waals surface area (Å²) in [6.45, 7) is -0.236. The van der Waals surface area contributed by atoms with Crippen molar-refractivity contribution in [1.82, 2.24) is 10.1 Å². The minimum Gasteiger partial charge on any atom is -0.494 e. The number of ether oxygens (including phenoxy) is 2. The number of carbonyl (C=O) groups excluding carboxylic acids is 1. The molecule has 0 aliphatic heterocycles.